The van der Waals surface area contributed by atoms with Crippen molar-refractivity contribution in [3.63, 3.8) is 0 Å². The average Bonchev–Trinajstić information content (AvgIpc) is 3.27. The fourth-order valence-electron chi connectivity index (χ4n) is 3.49. The maximum atomic E-state index is 12.7. The van der Waals surface area contributed by atoms with Gasteiger partial charge in [-0.2, -0.15) is 0 Å². The molecule has 1 N–H and O–H groups in total. The number of halogens is 1. The third-order valence-electron chi connectivity index (χ3n) is 5.11. The third kappa shape index (κ3) is 4.27. The largest absolute Gasteiger partial charge is 0.454 e. The molecule has 4 rings (SSSR count). The van der Waals surface area contributed by atoms with Crippen LogP contribution in [0.25, 0.3) is 0 Å². The van der Waals surface area contributed by atoms with E-state index in [1.165, 1.54) is 4.90 Å². The molecule has 2 aromatic rings. The Kier molecular flexibility index (Phi) is 5.92. The van der Waals surface area contributed by atoms with E-state index in [1.807, 2.05) is 35.2 Å². The molecule has 9 heteroatoms. The fraction of sp³-hybridized carbons (Fsp3) is 0.286. The monoisotopic (exact) mass is 489 g/mol. The van der Waals surface area contributed by atoms with Crippen molar-refractivity contribution in [3.05, 3.63) is 52.5 Å². The van der Waals surface area contributed by atoms with Crippen LogP contribution >= 0.6 is 28.1 Å². The molecule has 0 bridgehead atoms. The Balaban J connectivity index is 1.42. The second-order valence-corrected chi connectivity index (χ2v) is 8.37. The molecule has 0 saturated carbocycles. The normalized spacial score (nSPS) is 17.6. The highest BCUT2D eigenvalue weighted by molar-refractivity contribution is 9.10. The molecule has 1 atom stereocenters. The molecule has 2 amide bonds. The predicted molar refractivity (Wildman–Crippen MR) is 120 cm³/mol. The van der Waals surface area contributed by atoms with E-state index >= 15 is 0 Å². The summed E-state index contributed by atoms with van der Waals surface area (Å²) in [6.07, 6.45) is 0.684. The number of carbonyl (C=O) groups excluding carboxylic acids is 2. The number of rotatable bonds is 6. The van der Waals surface area contributed by atoms with Gasteiger partial charge in [0.25, 0.3) is 5.91 Å². The minimum Gasteiger partial charge on any atom is -0.454 e. The van der Waals surface area contributed by atoms with E-state index in [1.54, 1.807) is 19.2 Å². The summed E-state index contributed by atoms with van der Waals surface area (Å²) in [4.78, 5) is 28.5. The maximum absolute atomic E-state index is 12.7. The number of fused-ring (bicyclic) bond motifs is 1. The van der Waals surface area contributed by atoms with Crippen LogP contribution in [0.1, 0.15) is 12.0 Å². The van der Waals surface area contributed by atoms with E-state index < -0.39 is 6.04 Å². The van der Waals surface area contributed by atoms with Crippen LogP contribution in [0.5, 0.6) is 11.5 Å². The van der Waals surface area contributed by atoms with Gasteiger partial charge in [0.05, 0.1) is 6.42 Å². The van der Waals surface area contributed by atoms with Crippen LogP contribution < -0.4 is 14.8 Å². The van der Waals surface area contributed by atoms with Gasteiger partial charge in [0, 0.05) is 23.8 Å². The van der Waals surface area contributed by atoms with Crippen molar-refractivity contribution < 1.29 is 19.1 Å². The number of anilines is 1. The number of hydrogen-bond acceptors (Lipinski definition) is 5. The van der Waals surface area contributed by atoms with Crippen molar-refractivity contribution in [3.8, 4) is 11.5 Å². The van der Waals surface area contributed by atoms with Crippen LogP contribution in [0.3, 0.4) is 0 Å². The van der Waals surface area contributed by atoms with Crippen LogP contribution in [-0.4, -0.2) is 53.2 Å². The van der Waals surface area contributed by atoms with Crippen LogP contribution in [0, 0.1) is 0 Å². The number of hydrogen-bond donors (Lipinski definition) is 1. The van der Waals surface area contributed by atoms with Crippen molar-refractivity contribution >= 4 is 50.8 Å². The zero-order chi connectivity index (χ0) is 21.3. The van der Waals surface area contributed by atoms with Crippen LogP contribution in [0.2, 0.25) is 0 Å². The second kappa shape index (κ2) is 8.61. The molecule has 1 saturated heterocycles. The van der Waals surface area contributed by atoms with Crippen molar-refractivity contribution in [2.45, 2.75) is 18.9 Å². The van der Waals surface area contributed by atoms with Gasteiger partial charge in [-0.3, -0.25) is 14.5 Å². The highest BCUT2D eigenvalue weighted by Crippen LogP contribution is 2.33. The lowest BCUT2D eigenvalue weighted by Crippen LogP contribution is -2.39. The van der Waals surface area contributed by atoms with Crippen molar-refractivity contribution in [1.82, 2.24) is 9.80 Å². The van der Waals surface area contributed by atoms with E-state index in [-0.39, 0.29) is 25.0 Å². The van der Waals surface area contributed by atoms with Gasteiger partial charge in [0.2, 0.25) is 12.7 Å². The molecular weight excluding hydrogens is 470 g/mol. The molecule has 156 valence electrons. The Labute approximate surface area is 188 Å². The Morgan fingerprint density at radius 3 is 2.70 bits per heavy atom. The van der Waals surface area contributed by atoms with Gasteiger partial charge >= 0.3 is 0 Å². The van der Waals surface area contributed by atoms with Gasteiger partial charge in [-0.25, -0.2) is 0 Å². The standard InChI is InChI=1S/C21H20BrN3O4S/c1-24-20(27)16(11-19(26)23-15-5-3-14(22)4-6-15)25(21(24)30)9-8-13-2-7-17-18(10-13)29-12-28-17/h2-7,10,16H,8-9,11-12H2,1H3,(H,23,26). The fourth-order valence-corrected chi connectivity index (χ4v) is 4.07. The lowest BCUT2D eigenvalue weighted by molar-refractivity contribution is -0.130. The molecule has 2 aliphatic heterocycles. The number of nitrogens with one attached hydrogen (secondary N) is 1. The maximum Gasteiger partial charge on any atom is 0.251 e. The zero-order valence-electron chi connectivity index (χ0n) is 16.3. The van der Waals surface area contributed by atoms with Crippen LogP contribution in [0.15, 0.2) is 46.9 Å². The first kappa shape index (κ1) is 20.6. The molecule has 7 nitrogen and oxygen atoms in total. The van der Waals surface area contributed by atoms with E-state index in [4.69, 9.17) is 21.7 Å². The summed E-state index contributed by atoms with van der Waals surface area (Å²) in [5.41, 5.74) is 1.72. The Morgan fingerprint density at radius 2 is 1.93 bits per heavy atom. The molecule has 0 aliphatic carbocycles. The van der Waals surface area contributed by atoms with Gasteiger partial charge in [0.1, 0.15) is 6.04 Å². The minimum atomic E-state index is -0.619. The van der Waals surface area contributed by atoms with E-state index in [9.17, 15) is 9.59 Å². The van der Waals surface area contributed by atoms with Crippen molar-refractivity contribution in [2.24, 2.45) is 0 Å². The van der Waals surface area contributed by atoms with Crippen molar-refractivity contribution in [2.75, 3.05) is 25.7 Å². The number of carbonyl (C=O) groups is 2. The van der Waals surface area contributed by atoms with E-state index in [0.717, 1.165) is 21.5 Å². The molecule has 1 unspecified atom stereocenters. The summed E-state index contributed by atoms with van der Waals surface area (Å²) >= 11 is 8.82. The summed E-state index contributed by atoms with van der Waals surface area (Å²) in [7, 11) is 1.64. The topological polar surface area (TPSA) is 71.1 Å². The van der Waals surface area contributed by atoms with E-state index in [0.29, 0.717) is 23.8 Å². The first-order valence-electron chi connectivity index (χ1n) is 9.44. The van der Waals surface area contributed by atoms with Gasteiger partial charge in [-0.1, -0.05) is 22.0 Å². The summed E-state index contributed by atoms with van der Waals surface area (Å²) in [5, 5.41) is 3.27. The molecule has 0 radical (unpaired) electrons. The number of thiocarbonyl (C=S) groups is 1. The smallest absolute Gasteiger partial charge is 0.251 e. The van der Waals surface area contributed by atoms with Crippen molar-refractivity contribution in [1.29, 1.82) is 0 Å². The molecule has 2 heterocycles. The number of benzene rings is 2. The van der Waals surface area contributed by atoms with Crippen LogP contribution in [0.4, 0.5) is 5.69 Å². The summed E-state index contributed by atoms with van der Waals surface area (Å²) in [5.74, 6) is 1.04. The minimum absolute atomic E-state index is 0.0283. The highest BCUT2D eigenvalue weighted by atomic mass is 79.9. The van der Waals surface area contributed by atoms with Gasteiger partial charge < -0.3 is 19.7 Å². The highest BCUT2D eigenvalue weighted by Gasteiger charge is 2.41. The number of ether oxygens (including phenoxy) is 2. The lowest BCUT2D eigenvalue weighted by Gasteiger charge is -2.23. The summed E-state index contributed by atoms with van der Waals surface area (Å²) < 4.78 is 11.7. The molecule has 1 fully saturated rings. The number of amides is 2. The predicted octanol–water partition coefficient (Wildman–Crippen LogP) is 3.18. The van der Waals surface area contributed by atoms with Gasteiger partial charge in [-0.05, 0) is 60.6 Å². The Bertz CT molecular complexity index is 998. The quantitative estimate of drug-likeness (QED) is 0.628. The molecule has 2 aromatic carbocycles. The summed E-state index contributed by atoms with van der Waals surface area (Å²) in [6.45, 7) is 0.745. The Hall–Kier alpha value is -2.65. The van der Waals surface area contributed by atoms with Gasteiger partial charge in [-0.15, -0.1) is 0 Å². The Morgan fingerprint density at radius 1 is 1.20 bits per heavy atom. The molecular formula is C21H20BrN3O4S. The molecule has 30 heavy (non-hydrogen) atoms. The SMILES string of the molecule is CN1C(=O)C(CC(=O)Nc2ccc(Br)cc2)N(CCc2ccc3c(c2)OCO3)C1=S. The van der Waals surface area contributed by atoms with Crippen LogP contribution in [-0.2, 0) is 16.0 Å². The molecule has 0 aromatic heterocycles. The molecule has 2 aliphatic rings. The first-order chi connectivity index (χ1) is 14.4. The van der Waals surface area contributed by atoms with Gasteiger partial charge in [0.15, 0.2) is 16.6 Å². The number of likely N-dealkylation sites (N-methyl/N-ethyl adjacent to an activating group) is 1. The lowest BCUT2D eigenvalue weighted by atomic mass is 10.1. The second-order valence-electron chi connectivity index (χ2n) is 7.09. The number of nitrogens with zero attached hydrogens (tertiary/aromatic N) is 2. The van der Waals surface area contributed by atoms with E-state index in [2.05, 4.69) is 21.2 Å². The third-order valence-corrected chi connectivity index (χ3v) is 6.15. The zero-order valence-corrected chi connectivity index (χ0v) is 18.7. The average molecular weight is 490 g/mol. The summed E-state index contributed by atoms with van der Waals surface area (Å²) in [6, 6.07) is 12.4. The first-order valence-corrected chi connectivity index (χ1v) is 10.6. The molecule has 0 spiro atoms.